The third kappa shape index (κ3) is 4.40. The molecule has 0 radical (unpaired) electrons. The summed E-state index contributed by atoms with van der Waals surface area (Å²) in [7, 11) is 0. The Hall–Kier alpha value is -3.88. The molecular formula is C21H19N3O6. The number of aromatic nitrogens is 2. The third-order valence-corrected chi connectivity index (χ3v) is 4.55. The van der Waals surface area contributed by atoms with Gasteiger partial charge in [-0.2, -0.15) is 5.10 Å². The molecule has 30 heavy (non-hydrogen) atoms. The molecule has 0 spiro atoms. The second-order valence-electron chi connectivity index (χ2n) is 6.68. The minimum atomic E-state index is -0.624. The topological polar surface area (TPSA) is 120 Å². The van der Waals surface area contributed by atoms with E-state index in [1.165, 1.54) is 0 Å². The van der Waals surface area contributed by atoms with Crippen molar-refractivity contribution in [3.63, 3.8) is 0 Å². The molecule has 4 rings (SSSR count). The second kappa shape index (κ2) is 8.64. The molecule has 154 valence electrons. The molecule has 3 aromatic rings. The van der Waals surface area contributed by atoms with Gasteiger partial charge in [0.15, 0.2) is 18.1 Å². The van der Waals surface area contributed by atoms with Crippen molar-refractivity contribution in [3.05, 3.63) is 64.6 Å². The molecule has 2 N–H and O–H groups in total. The van der Waals surface area contributed by atoms with Crippen LogP contribution in [-0.4, -0.2) is 47.9 Å². The van der Waals surface area contributed by atoms with E-state index in [1.54, 1.807) is 30.3 Å². The lowest BCUT2D eigenvalue weighted by Crippen LogP contribution is -2.42. The highest BCUT2D eigenvalue weighted by atomic mass is 16.6. The highest BCUT2D eigenvalue weighted by molar-refractivity contribution is 5.87. The number of amides is 1. The number of nitrogens with zero attached hydrogens (tertiary/aromatic N) is 1. The van der Waals surface area contributed by atoms with Crippen LogP contribution in [0.2, 0.25) is 0 Å². The summed E-state index contributed by atoms with van der Waals surface area (Å²) < 4.78 is 16.4. The SMILES string of the molecule is O=C(COC(=O)Cc1n[nH]c(=O)c2ccccc12)NC[C@@H]1COc2ccccc2O1. The van der Waals surface area contributed by atoms with Gasteiger partial charge in [-0.25, -0.2) is 5.10 Å². The number of nitrogens with one attached hydrogen (secondary N) is 2. The summed E-state index contributed by atoms with van der Waals surface area (Å²) in [5, 5.41) is 9.94. The smallest absolute Gasteiger partial charge is 0.312 e. The molecule has 2 aromatic carbocycles. The van der Waals surface area contributed by atoms with Crippen LogP contribution >= 0.6 is 0 Å². The predicted octanol–water partition coefficient (Wildman–Crippen LogP) is 0.965. The highest BCUT2D eigenvalue weighted by Gasteiger charge is 2.21. The van der Waals surface area contributed by atoms with Gasteiger partial charge in [0, 0.05) is 5.39 Å². The number of ether oxygens (including phenoxy) is 3. The number of para-hydroxylation sites is 2. The van der Waals surface area contributed by atoms with Gasteiger partial charge in [-0.05, 0) is 18.2 Å². The summed E-state index contributed by atoms with van der Waals surface area (Å²) in [6.07, 6.45) is -0.503. The van der Waals surface area contributed by atoms with E-state index in [1.807, 2.05) is 18.2 Å². The first-order valence-electron chi connectivity index (χ1n) is 9.37. The van der Waals surface area contributed by atoms with Crippen molar-refractivity contribution in [1.29, 1.82) is 0 Å². The quantitative estimate of drug-likeness (QED) is 0.582. The summed E-state index contributed by atoms with van der Waals surface area (Å²) in [5.41, 5.74) is 0.0423. The number of hydrogen-bond donors (Lipinski definition) is 2. The van der Waals surface area contributed by atoms with Crippen molar-refractivity contribution in [2.24, 2.45) is 0 Å². The number of esters is 1. The van der Waals surface area contributed by atoms with Gasteiger partial charge in [0.25, 0.3) is 11.5 Å². The van der Waals surface area contributed by atoms with Gasteiger partial charge in [0.2, 0.25) is 0 Å². The van der Waals surface area contributed by atoms with Gasteiger partial charge >= 0.3 is 5.97 Å². The third-order valence-electron chi connectivity index (χ3n) is 4.55. The van der Waals surface area contributed by atoms with E-state index in [0.29, 0.717) is 34.6 Å². The average molecular weight is 409 g/mol. The zero-order valence-electron chi connectivity index (χ0n) is 15.9. The molecule has 1 aliphatic heterocycles. The summed E-state index contributed by atoms with van der Waals surface area (Å²) in [6, 6.07) is 14.1. The van der Waals surface area contributed by atoms with Gasteiger partial charge in [0.1, 0.15) is 12.7 Å². The molecule has 1 amide bonds. The van der Waals surface area contributed by atoms with Gasteiger partial charge in [-0.1, -0.05) is 30.3 Å². The lowest BCUT2D eigenvalue weighted by molar-refractivity contribution is -0.148. The first kappa shape index (κ1) is 19.4. The minimum absolute atomic E-state index is 0.166. The van der Waals surface area contributed by atoms with Crippen LogP contribution in [0.4, 0.5) is 0 Å². The molecule has 9 nitrogen and oxygen atoms in total. The largest absolute Gasteiger partial charge is 0.486 e. The minimum Gasteiger partial charge on any atom is -0.486 e. The Kier molecular flexibility index (Phi) is 5.60. The van der Waals surface area contributed by atoms with Gasteiger partial charge in [0.05, 0.1) is 24.0 Å². The maximum Gasteiger partial charge on any atom is 0.312 e. The Morgan fingerprint density at radius 3 is 2.67 bits per heavy atom. The number of hydrogen-bond acceptors (Lipinski definition) is 7. The molecule has 0 saturated heterocycles. The Bertz CT molecular complexity index is 1140. The Morgan fingerprint density at radius 1 is 1.10 bits per heavy atom. The molecule has 1 atom stereocenters. The first-order valence-corrected chi connectivity index (χ1v) is 9.37. The van der Waals surface area contributed by atoms with Crippen LogP contribution in [0.25, 0.3) is 10.8 Å². The van der Waals surface area contributed by atoms with Crippen LogP contribution in [0.5, 0.6) is 11.5 Å². The van der Waals surface area contributed by atoms with Gasteiger partial charge < -0.3 is 19.5 Å². The molecule has 1 aliphatic rings. The number of carbonyl (C=O) groups is 2. The standard InChI is InChI=1S/C21H19N3O6/c25-19(22-10-13-11-28-17-7-3-4-8-18(17)30-13)12-29-20(26)9-16-14-5-1-2-6-15(14)21(27)24-23-16/h1-8,13H,9-12H2,(H,22,25)(H,24,27)/t13-/m1/s1. The summed E-state index contributed by atoms with van der Waals surface area (Å²) >= 11 is 0. The number of rotatable bonds is 6. The Morgan fingerprint density at radius 2 is 1.83 bits per heavy atom. The molecule has 2 heterocycles. The molecule has 1 aromatic heterocycles. The summed E-state index contributed by atoms with van der Waals surface area (Å²) in [5.74, 6) is 0.207. The van der Waals surface area contributed by atoms with Crippen LogP contribution in [0.3, 0.4) is 0 Å². The summed E-state index contributed by atoms with van der Waals surface area (Å²) in [6.45, 7) is 0.100. The lowest BCUT2D eigenvalue weighted by atomic mass is 10.1. The van der Waals surface area contributed by atoms with Crippen molar-refractivity contribution in [1.82, 2.24) is 15.5 Å². The fraction of sp³-hybridized carbons (Fsp3) is 0.238. The Balaban J connectivity index is 1.25. The van der Waals surface area contributed by atoms with Gasteiger partial charge in [-0.15, -0.1) is 0 Å². The fourth-order valence-corrected chi connectivity index (χ4v) is 3.08. The van der Waals surface area contributed by atoms with Crippen LogP contribution in [0, 0.1) is 0 Å². The number of aromatic amines is 1. The van der Waals surface area contributed by atoms with Crippen LogP contribution in [-0.2, 0) is 20.7 Å². The maximum atomic E-state index is 12.1. The number of H-pyrrole nitrogens is 1. The van der Waals surface area contributed by atoms with Crippen molar-refractivity contribution in [3.8, 4) is 11.5 Å². The van der Waals surface area contributed by atoms with E-state index in [-0.39, 0.29) is 24.6 Å². The lowest BCUT2D eigenvalue weighted by Gasteiger charge is -2.26. The Labute approximate surface area is 171 Å². The van der Waals surface area contributed by atoms with Gasteiger partial charge in [-0.3, -0.25) is 14.4 Å². The van der Waals surface area contributed by atoms with Crippen LogP contribution in [0.1, 0.15) is 5.69 Å². The van der Waals surface area contributed by atoms with E-state index in [9.17, 15) is 14.4 Å². The first-order chi connectivity index (χ1) is 14.6. The monoisotopic (exact) mass is 409 g/mol. The zero-order valence-corrected chi connectivity index (χ0v) is 15.9. The fourth-order valence-electron chi connectivity index (χ4n) is 3.08. The summed E-state index contributed by atoms with van der Waals surface area (Å²) in [4.78, 5) is 35.9. The molecular weight excluding hydrogens is 390 g/mol. The molecule has 0 saturated carbocycles. The normalized spacial score (nSPS) is 14.9. The van der Waals surface area contributed by atoms with Crippen molar-refractivity contribution in [2.75, 3.05) is 19.8 Å². The van der Waals surface area contributed by atoms with E-state index in [0.717, 1.165) is 0 Å². The maximum absolute atomic E-state index is 12.1. The highest BCUT2D eigenvalue weighted by Crippen LogP contribution is 2.30. The second-order valence-corrected chi connectivity index (χ2v) is 6.68. The van der Waals surface area contributed by atoms with Crippen LogP contribution < -0.4 is 20.3 Å². The number of carbonyl (C=O) groups excluding carboxylic acids is 2. The van der Waals surface area contributed by atoms with Crippen LogP contribution in [0.15, 0.2) is 53.3 Å². The molecule has 0 aliphatic carbocycles. The van der Waals surface area contributed by atoms with E-state index < -0.39 is 18.5 Å². The predicted molar refractivity (Wildman–Crippen MR) is 106 cm³/mol. The number of fused-ring (bicyclic) bond motifs is 2. The average Bonchev–Trinajstić information content (AvgIpc) is 2.78. The molecule has 0 unspecified atom stereocenters. The number of benzene rings is 2. The van der Waals surface area contributed by atoms with E-state index in [2.05, 4.69) is 15.5 Å². The van der Waals surface area contributed by atoms with Crippen molar-refractivity contribution >= 4 is 22.6 Å². The van der Waals surface area contributed by atoms with Crippen molar-refractivity contribution < 1.29 is 23.8 Å². The molecule has 9 heteroatoms. The van der Waals surface area contributed by atoms with E-state index in [4.69, 9.17) is 14.2 Å². The zero-order chi connectivity index (χ0) is 20.9. The van der Waals surface area contributed by atoms with Crippen molar-refractivity contribution in [2.45, 2.75) is 12.5 Å². The van der Waals surface area contributed by atoms with E-state index >= 15 is 0 Å². The molecule has 0 fully saturated rings. The molecule has 0 bridgehead atoms.